The van der Waals surface area contributed by atoms with Gasteiger partial charge in [0.15, 0.2) is 12.0 Å². The van der Waals surface area contributed by atoms with E-state index in [1.54, 1.807) is 5.48 Å². The summed E-state index contributed by atoms with van der Waals surface area (Å²) in [6.45, 7) is -2.89. The summed E-state index contributed by atoms with van der Waals surface area (Å²) in [6.07, 6.45) is -5.35. The van der Waals surface area contributed by atoms with Crippen molar-refractivity contribution in [3.8, 4) is 0 Å². The van der Waals surface area contributed by atoms with E-state index in [2.05, 4.69) is 4.98 Å². The van der Waals surface area contributed by atoms with Crippen molar-refractivity contribution in [2.75, 3.05) is 12.0 Å². The maximum absolute atomic E-state index is 11.7. The number of hydrogen-bond donors (Lipinski definition) is 5. The normalized spacial score (nSPS) is 34.0. The Balaban J connectivity index is 2.33. The molecule has 0 aromatic carbocycles. The van der Waals surface area contributed by atoms with Crippen LogP contribution in [0.25, 0.3) is 0 Å². The van der Waals surface area contributed by atoms with E-state index in [-0.39, 0.29) is 5.82 Å². The summed E-state index contributed by atoms with van der Waals surface area (Å²) in [7, 11) is 0. The second-order valence-corrected chi connectivity index (χ2v) is 3.67. The first-order valence-electron chi connectivity index (χ1n) is 5.99. The first-order valence-corrected chi connectivity index (χ1v) is 4.99. The number of ether oxygens (including phenoxy) is 1. The molecule has 1 aliphatic heterocycles. The third-order valence-electron chi connectivity index (χ3n) is 2.58. The minimum atomic E-state index is -2.89. The van der Waals surface area contributed by atoms with Crippen LogP contribution in [0.4, 0.5) is 5.82 Å². The van der Waals surface area contributed by atoms with Crippen LogP contribution in [-0.2, 0) is 4.74 Å². The van der Waals surface area contributed by atoms with Crippen molar-refractivity contribution in [3.63, 3.8) is 0 Å². The van der Waals surface area contributed by atoms with Crippen LogP contribution < -0.4 is 11.2 Å². The molecule has 1 saturated heterocycles. The van der Waals surface area contributed by atoms with E-state index in [0.29, 0.717) is 0 Å². The van der Waals surface area contributed by atoms with Gasteiger partial charge in [0, 0.05) is 6.20 Å². The third kappa shape index (κ3) is 2.09. The third-order valence-corrected chi connectivity index (χ3v) is 2.58. The lowest BCUT2D eigenvalue weighted by atomic mass is 10.1. The number of anilines is 1. The van der Waals surface area contributed by atoms with Gasteiger partial charge < -0.3 is 20.1 Å². The highest BCUT2D eigenvalue weighted by atomic mass is 16.6. The van der Waals surface area contributed by atoms with Crippen molar-refractivity contribution in [3.05, 3.63) is 22.7 Å². The molecule has 0 saturated carbocycles. The van der Waals surface area contributed by atoms with Crippen molar-refractivity contribution in [2.24, 2.45) is 0 Å². The Kier molecular flexibility index (Phi) is 2.89. The van der Waals surface area contributed by atoms with Gasteiger partial charge in [0.2, 0.25) is 0 Å². The second kappa shape index (κ2) is 5.00. The number of nitrogens with one attached hydrogen (secondary N) is 1. The average molecular weight is 261 g/mol. The molecule has 2 heterocycles. The summed E-state index contributed by atoms with van der Waals surface area (Å²) in [5.74, 6) is -0.131. The average Bonchev–Trinajstić information content (AvgIpc) is 2.66. The zero-order chi connectivity index (χ0) is 15.1. The summed E-state index contributed by atoms with van der Waals surface area (Å²) in [4.78, 5) is 15.1. The summed E-state index contributed by atoms with van der Waals surface area (Å²) in [5.41, 5.74) is 0.758. The monoisotopic (exact) mass is 261 g/mol. The highest BCUT2D eigenvalue weighted by Gasteiger charge is 2.43. The molecule has 1 aliphatic rings. The van der Waals surface area contributed by atoms with Gasteiger partial charge >= 0.3 is 5.69 Å². The fourth-order valence-electron chi connectivity index (χ4n) is 1.66. The highest BCUT2D eigenvalue weighted by Crippen LogP contribution is 2.27. The Bertz CT molecular complexity index is 547. The molecule has 0 unspecified atom stereocenters. The molecule has 100 valence electrons. The van der Waals surface area contributed by atoms with E-state index in [0.717, 1.165) is 10.8 Å². The van der Waals surface area contributed by atoms with Gasteiger partial charge in [-0.2, -0.15) is 4.98 Å². The van der Waals surface area contributed by atoms with E-state index >= 15 is 0 Å². The van der Waals surface area contributed by atoms with Gasteiger partial charge in [-0.3, -0.25) is 15.3 Å². The van der Waals surface area contributed by atoms with Crippen LogP contribution in [0.2, 0.25) is 0 Å². The Morgan fingerprint density at radius 1 is 1.56 bits per heavy atom. The number of aliphatic hydroxyl groups is 3. The molecule has 0 bridgehead atoms. The molecule has 0 radical (unpaired) electrons. The number of rotatable bonds is 3. The van der Waals surface area contributed by atoms with Gasteiger partial charge in [0.1, 0.15) is 18.3 Å². The van der Waals surface area contributed by atoms with Crippen LogP contribution in [0.15, 0.2) is 17.1 Å². The molecule has 0 aliphatic carbocycles. The van der Waals surface area contributed by atoms with E-state index in [9.17, 15) is 20.1 Å². The summed E-state index contributed by atoms with van der Waals surface area (Å²) >= 11 is 0. The maximum Gasteiger partial charge on any atom is 0.351 e. The van der Waals surface area contributed by atoms with Gasteiger partial charge in [-0.05, 0) is 6.07 Å². The Morgan fingerprint density at radius 3 is 2.78 bits per heavy atom. The van der Waals surface area contributed by atoms with Gasteiger partial charge in [-0.1, -0.05) is 0 Å². The van der Waals surface area contributed by atoms with Crippen LogP contribution in [0, 0.1) is 0 Å². The van der Waals surface area contributed by atoms with Crippen LogP contribution in [0.5, 0.6) is 0 Å². The molecular weight excluding hydrogens is 246 g/mol. The SMILES string of the molecule is [2H]C([2H])(O)[C@H]1O[C@@H](n2ccc(NO)nc2=O)[C@H](O)[C@@H]1O. The predicted octanol–water partition coefficient (Wildman–Crippen LogP) is -2.34. The van der Waals surface area contributed by atoms with Crippen molar-refractivity contribution >= 4 is 5.82 Å². The van der Waals surface area contributed by atoms with Gasteiger partial charge in [0.05, 0.1) is 9.30 Å². The van der Waals surface area contributed by atoms with E-state index in [1.807, 2.05) is 0 Å². The summed E-state index contributed by atoms with van der Waals surface area (Å²) < 4.78 is 20.0. The number of aliphatic hydroxyl groups excluding tert-OH is 2. The highest BCUT2D eigenvalue weighted by molar-refractivity contribution is 5.28. The van der Waals surface area contributed by atoms with Crippen LogP contribution >= 0.6 is 0 Å². The molecule has 5 N–H and O–H groups in total. The molecule has 4 atom stereocenters. The van der Waals surface area contributed by atoms with Crippen molar-refractivity contribution < 1.29 is 28.0 Å². The molecule has 0 amide bonds. The van der Waals surface area contributed by atoms with Gasteiger partial charge in [-0.15, -0.1) is 0 Å². The molecule has 1 fully saturated rings. The van der Waals surface area contributed by atoms with E-state index < -0.39 is 36.8 Å². The Morgan fingerprint density at radius 2 is 2.28 bits per heavy atom. The predicted molar refractivity (Wildman–Crippen MR) is 56.9 cm³/mol. The minimum Gasteiger partial charge on any atom is -0.394 e. The zero-order valence-corrected chi connectivity index (χ0v) is 8.96. The molecule has 18 heavy (non-hydrogen) atoms. The van der Waals surface area contributed by atoms with Crippen molar-refractivity contribution in [1.82, 2.24) is 9.55 Å². The van der Waals surface area contributed by atoms with Crippen molar-refractivity contribution in [1.29, 1.82) is 0 Å². The molecule has 9 heteroatoms. The minimum absolute atomic E-state index is 0.131. The standard InChI is InChI=1S/C9H13N3O6/c13-3-4-6(14)7(15)8(18-4)12-2-1-5(11-17)10-9(12)16/h1-2,4,6-8,13-15,17H,3H2,(H,10,11,16)/t4-,6-,7-,8-/m1/s1/i3D2. The fourth-order valence-corrected chi connectivity index (χ4v) is 1.66. The lowest BCUT2D eigenvalue weighted by Crippen LogP contribution is -2.36. The Labute approximate surface area is 104 Å². The quantitative estimate of drug-likeness (QED) is 0.382. The van der Waals surface area contributed by atoms with Crippen LogP contribution in [0.1, 0.15) is 8.97 Å². The van der Waals surface area contributed by atoms with E-state index in [4.69, 9.17) is 12.7 Å². The molecule has 0 spiro atoms. The molecule has 9 nitrogen and oxygen atoms in total. The lowest BCUT2D eigenvalue weighted by molar-refractivity contribution is -0.0549. The number of nitrogens with zero attached hydrogens (tertiary/aromatic N) is 2. The molecule has 1 aromatic heterocycles. The van der Waals surface area contributed by atoms with Gasteiger partial charge in [0.25, 0.3) is 0 Å². The molecule has 2 rings (SSSR count). The topological polar surface area (TPSA) is 137 Å². The van der Waals surface area contributed by atoms with E-state index in [1.165, 1.54) is 6.07 Å². The number of hydrogen-bond acceptors (Lipinski definition) is 8. The van der Waals surface area contributed by atoms with Crippen molar-refractivity contribution in [2.45, 2.75) is 24.5 Å². The smallest absolute Gasteiger partial charge is 0.351 e. The first-order chi connectivity index (χ1) is 9.25. The first kappa shape index (κ1) is 10.4. The fraction of sp³-hybridized carbons (Fsp3) is 0.556. The van der Waals surface area contributed by atoms with Crippen LogP contribution in [-0.4, -0.2) is 54.9 Å². The molecular formula is C9H13N3O6. The largest absolute Gasteiger partial charge is 0.394 e. The van der Waals surface area contributed by atoms with Crippen LogP contribution in [0.3, 0.4) is 0 Å². The number of aromatic nitrogens is 2. The second-order valence-electron chi connectivity index (χ2n) is 3.67. The summed E-state index contributed by atoms with van der Waals surface area (Å²) in [5, 5.41) is 37.3. The lowest BCUT2D eigenvalue weighted by Gasteiger charge is -2.16. The summed E-state index contributed by atoms with van der Waals surface area (Å²) in [6, 6.07) is 1.20. The molecule has 1 aromatic rings. The Hall–Kier alpha value is -1.52. The van der Waals surface area contributed by atoms with Gasteiger partial charge in [-0.25, -0.2) is 4.79 Å². The zero-order valence-electron chi connectivity index (χ0n) is 11.0. The maximum atomic E-state index is 11.7.